The highest BCUT2D eigenvalue weighted by molar-refractivity contribution is 5.76. The number of hydrogen-bond acceptors (Lipinski definition) is 15. The molecule has 0 aromatic rings. The van der Waals surface area contributed by atoms with Gasteiger partial charge in [0, 0.05) is 0 Å². The average Bonchev–Trinajstić information content (AvgIpc) is 3.76. The zero-order chi connectivity index (χ0) is 45.9. The highest BCUT2D eigenvalue weighted by Gasteiger charge is 2.72. The molecule has 360 valence electrons. The molecule has 0 amide bonds. The number of ether oxygens (including phenoxy) is 6. The van der Waals surface area contributed by atoms with Crippen molar-refractivity contribution >= 4 is 5.97 Å². The summed E-state index contributed by atoms with van der Waals surface area (Å²) >= 11 is 0. The topological polar surface area (TPSA) is 255 Å². The normalized spacial score (nSPS) is 55.3. The Morgan fingerprint density at radius 1 is 0.635 bits per heavy atom. The highest BCUT2D eigenvalue weighted by atomic mass is 16.8. The van der Waals surface area contributed by atoms with Crippen LogP contribution in [-0.4, -0.2) is 157 Å². The van der Waals surface area contributed by atoms with E-state index in [1.807, 2.05) is 0 Å². The Labute approximate surface area is 371 Å². The molecule has 0 unspecified atom stereocenters. The van der Waals surface area contributed by atoms with Gasteiger partial charge in [-0.2, -0.15) is 0 Å². The number of allylic oxidation sites excluding steroid dienone is 1. The van der Waals surface area contributed by atoms with Crippen LogP contribution in [0.15, 0.2) is 12.2 Å². The first-order valence-corrected chi connectivity index (χ1v) is 23.6. The average molecular weight is 897 g/mol. The lowest BCUT2D eigenvalue weighted by atomic mass is 9.32. The zero-order valence-electron chi connectivity index (χ0n) is 38.1. The van der Waals surface area contributed by atoms with Crippen molar-refractivity contribution in [1.29, 1.82) is 0 Å². The van der Waals surface area contributed by atoms with Gasteiger partial charge >= 0.3 is 5.97 Å². The van der Waals surface area contributed by atoms with Crippen molar-refractivity contribution in [3.05, 3.63) is 12.2 Å². The van der Waals surface area contributed by atoms with E-state index in [-0.39, 0.29) is 45.5 Å². The Balaban J connectivity index is 0.967. The van der Waals surface area contributed by atoms with E-state index >= 15 is 0 Å². The fourth-order valence-corrected chi connectivity index (χ4v) is 15.8. The minimum Gasteiger partial charge on any atom is -0.481 e. The van der Waals surface area contributed by atoms with Crippen LogP contribution >= 0.6 is 0 Å². The maximum Gasteiger partial charge on any atom is 0.309 e. The maximum absolute atomic E-state index is 13.1. The Morgan fingerprint density at radius 2 is 1.25 bits per heavy atom. The molecule has 0 spiro atoms. The van der Waals surface area contributed by atoms with Gasteiger partial charge < -0.3 is 74.4 Å². The number of aliphatic carboxylic acids is 1. The second-order valence-electron chi connectivity index (χ2n) is 22.4. The number of carboxylic acids is 1. The Kier molecular flexibility index (Phi) is 13.0. The molecule has 16 nitrogen and oxygen atoms in total. The van der Waals surface area contributed by atoms with E-state index in [9.17, 15) is 50.8 Å². The first-order chi connectivity index (χ1) is 29.5. The summed E-state index contributed by atoms with van der Waals surface area (Å²) in [6, 6.07) is 0. The predicted molar refractivity (Wildman–Crippen MR) is 223 cm³/mol. The summed E-state index contributed by atoms with van der Waals surface area (Å²) in [7, 11) is 0. The molecule has 24 atom stereocenters. The van der Waals surface area contributed by atoms with Crippen LogP contribution in [0.1, 0.15) is 113 Å². The van der Waals surface area contributed by atoms with Crippen LogP contribution in [0, 0.1) is 56.7 Å². The Hall–Kier alpha value is -1.35. The number of hydrogen-bond donors (Lipinski definition) is 9. The molecule has 8 fully saturated rings. The van der Waals surface area contributed by atoms with Gasteiger partial charge in [-0.1, -0.05) is 46.8 Å². The highest BCUT2D eigenvalue weighted by Crippen LogP contribution is 2.77. The molecule has 0 bridgehead atoms. The number of carboxylic acid groups (broad SMARTS) is 1. The van der Waals surface area contributed by atoms with Crippen molar-refractivity contribution in [2.45, 2.75) is 205 Å². The first-order valence-electron chi connectivity index (χ1n) is 23.6. The molecule has 3 heterocycles. The molecule has 5 aliphatic carbocycles. The minimum atomic E-state index is -1.68. The molecule has 8 rings (SSSR count). The molecule has 63 heavy (non-hydrogen) atoms. The zero-order valence-corrected chi connectivity index (χ0v) is 38.1. The van der Waals surface area contributed by atoms with Gasteiger partial charge in [0.05, 0.1) is 30.8 Å². The number of fused-ring (bicyclic) bond motifs is 7. The van der Waals surface area contributed by atoms with Crippen molar-refractivity contribution in [3.63, 3.8) is 0 Å². The quantitative estimate of drug-likeness (QED) is 0.113. The molecular weight excluding hydrogens is 821 g/mol. The molecule has 0 aromatic carbocycles. The van der Waals surface area contributed by atoms with Crippen LogP contribution in [0.4, 0.5) is 0 Å². The summed E-state index contributed by atoms with van der Waals surface area (Å²) < 4.78 is 36.1. The van der Waals surface area contributed by atoms with Gasteiger partial charge in [-0.3, -0.25) is 4.79 Å². The molecule has 0 radical (unpaired) electrons. The Morgan fingerprint density at radius 3 is 1.89 bits per heavy atom. The molecular formula is C47H76O16. The van der Waals surface area contributed by atoms with Gasteiger partial charge in [0.15, 0.2) is 18.9 Å². The van der Waals surface area contributed by atoms with E-state index in [0.717, 1.165) is 56.9 Å². The molecule has 3 saturated heterocycles. The summed E-state index contributed by atoms with van der Waals surface area (Å²) in [5.74, 6) is 0.698. The lowest BCUT2D eigenvalue weighted by molar-refractivity contribution is -0.378. The molecule has 5 saturated carbocycles. The largest absolute Gasteiger partial charge is 0.481 e. The fourth-order valence-electron chi connectivity index (χ4n) is 15.8. The third kappa shape index (κ3) is 7.25. The second kappa shape index (κ2) is 17.0. The van der Waals surface area contributed by atoms with Crippen molar-refractivity contribution in [2.24, 2.45) is 56.7 Å². The number of carbonyl (C=O) groups is 1. The number of rotatable bonds is 10. The maximum atomic E-state index is 13.1. The molecule has 0 aromatic heterocycles. The van der Waals surface area contributed by atoms with E-state index < -0.39 is 111 Å². The number of aliphatic hydroxyl groups excluding tert-OH is 8. The monoisotopic (exact) mass is 897 g/mol. The minimum absolute atomic E-state index is 0.0129. The summed E-state index contributed by atoms with van der Waals surface area (Å²) in [5, 5.41) is 96.7. The van der Waals surface area contributed by atoms with E-state index in [1.165, 1.54) is 6.92 Å². The first kappa shape index (κ1) is 48.1. The van der Waals surface area contributed by atoms with E-state index in [2.05, 4.69) is 48.1 Å². The SMILES string of the molecule is C=C(C)[C@@H]1CC[C@]2(C(=O)O)CC[C@]3(C)[C@H](CC[C@@H]4[C@@]5(C)CC[C@H](O[C@@H]6O[C@H](CO)[C@@H](O[C@@H]7O[C@@H](C)[C@H](O)[C@@H](O)[C@H]7O[C@@H]7O[C@@H](CO)[C@H](O)[C@H]7O)[C@H](O)[C@H]6O)C(C)(C)[C@@H]5CC[C@]43C)[C@@H]12. The van der Waals surface area contributed by atoms with Crippen molar-refractivity contribution in [1.82, 2.24) is 0 Å². The van der Waals surface area contributed by atoms with Gasteiger partial charge in [0.1, 0.15) is 61.0 Å². The summed E-state index contributed by atoms with van der Waals surface area (Å²) in [4.78, 5) is 13.1. The summed E-state index contributed by atoms with van der Waals surface area (Å²) in [6.45, 7) is 18.6. The van der Waals surface area contributed by atoms with Gasteiger partial charge in [-0.05, 0) is 129 Å². The van der Waals surface area contributed by atoms with Crippen molar-refractivity contribution < 1.29 is 79.2 Å². The Bertz CT molecular complexity index is 1700. The predicted octanol–water partition coefficient (Wildman–Crippen LogP) is 2.23. The van der Waals surface area contributed by atoms with Crippen LogP contribution in [-0.2, 0) is 33.2 Å². The lowest BCUT2D eigenvalue weighted by Crippen LogP contribution is -2.68. The lowest BCUT2D eigenvalue weighted by Gasteiger charge is -2.73. The number of aliphatic hydroxyl groups is 8. The van der Waals surface area contributed by atoms with Crippen molar-refractivity contribution in [3.8, 4) is 0 Å². The van der Waals surface area contributed by atoms with Crippen LogP contribution in [0.5, 0.6) is 0 Å². The molecule has 9 N–H and O–H groups in total. The molecule has 3 aliphatic heterocycles. The van der Waals surface area contributed by atoms with E-state index in [0.29, 0.717) is 24.7 Å². The standard InChI is InChI=1S/C47H76O16/c1-21(2)23-11-16-47(42(56)57)18-17-45(7)24(30(23)47)9-10-28-44(6)14-13-29(43(4,5)27(44)12-15-46(28,45)8)61-39-36(55)34(53)37(26(20-49)60-39)62-41-38(33(52)31(50)22(3)58-41)63-40-35(54)32(51)25(19-48)59-40/h22-41,48-55H,1,9-20H2,2-8H3,(H,56,57)/t22-,23-,24+,25-,26+,27-,28+,29-,30+,31-,32-,33+,34+,35+,36+,37+,38+,39-,40-,41-,44-,45+,46+,47-/m0/s1. The van der Waals surface area contributed by atoms with Crippen LogP contribution in [0.3, 0.4) is 0 Å². The molecule has 16 heteroatoms. The van der Waals surface area contributed by atoms with Gasteiger partial charge in [0.2, 0.25) is 0 Å². The smallest absolute Gasteiger partial charge is 0.309 e. The summed E-state index contributed by atoms with van der Waals surface area (Å²) in [6.07, 6.45) is -11.9. The van der Waals surface area contributed by atoms with Crippen molar-refractivity contribution in [2.75, 3.05) is 13.2 Å². The van der Waals surface area contributed by atoms with Gasteiger partial charge in [-0.25, -0.2) is 0 Å². The van der Waals surface area contributed by atoms with Gasteiger partial charge in [-0.15, -0.1) is 0 Å². The fraction of sp³-hybridized carbons (Fsp3) is 0.936. The van der Waals surface area contributed by atoms with Crippen LogP contribution < -0.4 is 0 Å². The molecule has 8 aliphatic rings. The van der Waals surface area contributed by atoms with Gasteiger partial charge in [0.25, 0.3) is 0 Å². The third-order valence-corrected chi connectivity index (χ3v) is 19.4. The second-order valence-corrected chi connectivity index (χ2v) is 22.4. The van der Waals surface area contributed by atoms with Crippen LogP contribution in [0.2, 0.25) is 0 Å². The van der Waals surface area contributed by atoms with E-state index in [1.54, 1.807) is 0 Å². The van der Waals surface area contributed by atoms with Crippen LogP contribution in [0.25, 0.3) is 0 Å². The summed E-state index contributed by atoms with van der Waals surface area (Å²) in [5.41, 5.74) is 0.0297. The van der Waals surface area contributed by atoms with E-state index in [4.69, 9.17) is 28.4 Å². The third-order valence-electron chi connectivity index (χ3n) is 19.4.